The van der Waals surface area contributed by atoms with Gasteiger partial charge in [-0.05, 0) is 93.1 Å². The number of ether oxygens (including phenoxy) is 1. The molecule has 0 spiro atoms. The summed E-state index contributed by atoms with van der Waals surface area (Å²) in [7, 11) is 0. The maximum atomic E-state index is 14.0. The van der Waals surface area contributed by atoms with Crippen LogP contribution in [0.2, 0.25) is 0 Å². The fourth-order valence-corrected chi connectivity index (χ4v) is 12.2. The molecule has 1 aromatic carbocycles. The number of rotatable bonds is 26. The number of hydrogen-bond donors (Lipinski definition) is 0. The highest BCUT2D eigenvalue weighted by Gasteiger charge is 2.38. The van der Waals surface area contributed by atoms with E-state index in [1.165, 1.54) is 142 Å². The van der Waals surface area contributed by atoms with E-state index in [0.717, 1.165) is 22.6 Å². The highest BCUT2D eigenvalue weighted by Crippen LogP contribution is 2.45. The van der Waals surface area contributed by atoms with E-state index in [1.807, 2.05) is 41.7 Å². The first-order chi connectivity index (χ1) is 27.9. The van der Waals surface area contributed by atoms with E-state index in [9.17, 15) is 9.59 Å². The van der Waals surface area contributed by atoms with Crippen molar-refractivity contribution in [2.24, 2.45) is 5.92 Å². The number of fused-ring (bicyclic) bond motifs is 1. The fourth-order valence-electron chi connectivity index (χ4n) is 8.03. The second-order valence-corrected chi connectivity index (χ2v) is 20.5. The normalized spacial score (nSPS) is 13.3. The number of carbonyl (C=O) groups excluding carboxylic acids is 2. The average Bonchev–Trinajstić information content (AvgIpc) is 4.06. The van der Waals surface area contributed by atoms with Crippen molar-refractivity contribution < 1.29 is 14.3 Å². The first-order valence-electron chi connectivity index (χ1n) is 21.8. The van der Waals surface area contributed by atoms with E-state index in [2.05, 4.69) is 69.3 Å². The number of imide groups is 1. The van der Waals surface area contributed by atoms with Gasteiger partial charge in [-0.15, -0.1) is 45.3 Å². The van der Waals surface area contributed by atoms with E-state index >= 15 is 0 Å². The molecule has 306 valence electrons. The highest BCUT2D eigenvalue weighted by molar-refractivity contribution is 7.29. The molecule has 0 saturated heterocycles. The van der Waals surface area contributed by atoms with Crippen LogP contribution in [0.5, 0.6) is 0 Å². The van der Waals surface area contributed by atoms with Gasteiger partial charge in [0.1, 0.15) is 0 Å². The lowest BCUT2D eigenvalue weighted by Gasteiger charge is -2.18. The van der Waals surface area contributed by atoms with Gasteiger partial charge >= 0.3 is 0 Å². The van der Waals surface area contributed by atoms with Gasteiger partial charge in [-0.3, -0.25) is 14.5 Å². The van der Waals surface area contributed by atoms with Gasteiger partial charge in [0.2, 0.25) is 0 Å². The third-order valence-electron chi connectivity index (χ3n) is 11.3. The van der Waals surface area contributed by atoms with Crippen molar-refractivity contribution in [1.82, 2.24) is 4.90 Å². The van der Waals surface area contributed by atoms with Crippen molar-refractivity contribution in [2.45, 2.75) is 137 Å². The summed E-state index contributed by atoms with van der Waals surface area (Å²) in [6.07, 6.45) is 21.9. The monoisotopic (exact) mass is 841 g/mol. The Morgan fingerprint density at radius 1 is 0.509 bits per heavy atom. The molecular formula is C49H63NO3S4. The first-order valence-corrected chi connectivity index (χ1v) is 25.1. The Balaban J connectivity index is 1.02. The Kier molecular flexibility index (Phi) is 17.2. The Labute approximate surface area is 358 Å². The van der Waals surface area contributed by atoms with Crippen LogP contribution in [0.1, 0.15) is 154 Å². The summed E-state index contributed by atoms with van der Waals surface area (Å²) >= 11 is 7.17. The third kappa shape index (κ3) is 11.9. The molecule has 1 atom stereocenters. The molecule has 4 aromatic heterocycles. The van der Waals surface area contributed by atoms with Crippen molar-refractivity contribution in [3.8, 4) is 39.7 Å². The predicted octanol–water partition coefficient (Wildman–Crippen LogP) is 16.1. The van der Waals surface area contributed by atoms with Gasteiger partial charge < -0.3 is 4.74 Å². The smallest absolute Gasteiger partial charge is 0.262 e. The van der Waals surface area contributed by atoms with Gasteiger partial charge in [0.15, 0.2) is 0 Å². The van der Waals surface area contributed by atoms with Gasteiger partial charge in [-0.2, -0.15) is 0 Å². The summed E-state index contributed by atoms with van der Waals surface area (Å²) in [5.41, 5.74) is 2.83. The second kappa shape index (κ2) is 22.5. The number of thiophene rings is 4. The van der Waals surface area contributed by atoms with Crippen LogP contribution >= 0.6 is 45.3 Å². The SMILES string of the molecule is CCCCCCCCCCC(CCCCCCCC)COCCCN1C(=O)c2c(C)ccc(-c3ccc(-c4ccc(-c5ccc(-c6ccc(C)s6)s5)s4)s3)c2C1=O. The Morgan fingerprint density at radius 3 is 1.49 bits per heavy atom. The lowest BCUT2D eigenvalue weighted by atomic mass is 9.94. The van der Waals surface area contributed by atoms with Crippen molar-refractivity contribution >= 4 is 57.2 Å². The largest absolute Gasteiger partial charge is 0.381 e. The topological polar surface area (TPSA) is 46.6 Å². The lowest BCUT2D eigenvalue weighted by Crippen LogP contribution is -2.31. The van der Waals surface area contributed by atoms with Crippen LogP contribution in [0.25, 0.3) is 39.7 Å². The van der Waals surface area contributed by atoms with Crippen LogP contribution in [0, 0.1) is 19.8 Å². The van der Waals surface area contributed by atoms with Crippen LogP contribution < -0.4 is 0 Å². The number of aryl methyl sites for hydroxylation is 2. The highest BCUT2D eigenvalue weighted by atomic mass is 32.1. The molecule has 0 bridgehead atoms. The van der Waals surface area contributed by atoms with Crippen molar-refractivity contribution in [3.63, 3.8) is 0 Å². The molecule has 0 aliphatic carbocycles. The van der Waals surface area contributed by atoms with E-state index < -0.39 is 0 Å². The van der Waals surface area contributed by atoms with Crippen LogP contribution in [-0.4, -0.2) is 36.5 Å². The van der Waals surface area contributed by atoms with Crippen LogP contribution in [0.15, 0.2) is 60.7 Å². The Bertz CT molecular complexity index is 2010. The third-order valence-corrected chi connectivity index (χ3v) is 16.2. The summed E-state index contributed by atoms with van der Waals surface area (Å²) in [6.45, 7) is 10.4. The minimum atomic E-state index is -0.174. The van der Waals surface area contributed by atoms with E-state index in [-0.39, 0.29) is 11.8 Å². The number of unbranched alkanes of at least 4 members (excludes halogenated alkanes) is 12. The minimum Gasteiger partial charge on any atom is -0.381 e. The van der Waals surface area contributed by atoms with Gasteiger partial charge in [-0.1, -0.05) is 116 Å². The molecule has 8 heteroatoms. The number of nitrogens with zero attached hydrogens (tertiary/aromatic N) is 1. The van der Waals surface area contributed by atoms with Crippen LogP contribution in [0.4, 0.5) is 0 Å². The van der Waals surface area contributed by atoms with Crippen molar-refractivity contribution in [3.05, 3.63) is 82.2 Å². The molecule has 0 N–H and O–H groups in total. The standard InChI is InChI=1S/C49H63NO3S4/c1-5-7-9-11-13-14-16-18-21-37(20-17-15-12-10-8-6-2)34-53-33-19-32-50-48(51)46-35(3)22-24-38(47(46)49(50)52)39-26-27-42(55-39)43-30-31-45(57-43)44-29-28-41(56-44)40-25-23-36(4)54-40/h22-31,37H,5-21,32-34H2,1-4H3. The number of hydrogen-bond acceptors (Lipinski definition) is 7. The zero-order valence-corrected chi connectivity index (χ0v) is 38.1. The van der Waals surface area contributed by atoms with Crippen LogP contribution in [-0.2, 0) is 4.74 Å². The van der Waals surface area contributed by atoms with E-state index in [4.69, 9.17) is 4.74 Å². The molecule has 4 nitrogen and oxygen atoms in total. The maximum Gasteiger partial charge on any atom is 0.262 e. The molecule has 0 radical (unpaired) electrons. The molecule has 1 aliphatic heterocycles. The van der Waals surface area contributed by atoms with Crippen molar-refractivity contribution in [1.29, 1.82) is 0 Å². The average molecular weight is 842 g/mol. The zero-order valence-electron chi connectivity index (χ0n) is 34.8. The van der Waals surface area contributed by atoms with E-state index in [1.54, 1.807) is 22.7 Å². The maximum absolute atomic E-state index is 14.0. The number of carbonyl (C=O) groups is 2. The molecule has 1 aliphatic rings. The summed E-state index contributed by atoms with van der Waals surface area (Å²) < 4.78 is 6.29. The molecule has 1 unspecified atom stereocenters. The van der Waals surface area contributed by atoms with Crippen LogP contribution in [0.3, 0.4) is 0 Å². The summed E-state index contributed by atoms with van der Waals surface area (Å²) in [5, 5.41) is 0. The number of amides is 2. The summed E-state index contributed by atoms with van der Waals surface area (Å²) in [6, 6.07) is 21.6. The van der Waals surface area contributed by atoms with Gasteiger partial charge in [0.05, 0.1) is 11.1 Å². The molecule has 0 saturated carbocycles. The minimum absolute atomic E-state index is 0.169. The number of benzene rings is 1. The Morgan fingerprint density at radius 2 is 0.965 bits per heavy atom. The first kappa shape index (κ1) is 43.7. The molecule has 57 heavy (non-hydrogen) atoms. The predicted molar refractivity (Wildman–Crippen MR) is 249 cm³/mol. The summed E-state index contributed by atoms with van der Waals surface area (Å²) in [4.78, 5) is 39.1. The quantitative estimate of drug-likeness (QED) is 0.0412. The molecular weight excluding hydrogens is 779 g/mol. The fraction of sp³-hybridized carbons (Fsp3) is 0.510. The molecule has 6 rings (SSSR count). The molecule has 5 heterocycles. The van der Waals surface area contributed by atoms with Crippen molar-refractivity contribution in [2.75, 3.05) is 19.8 Å². The lowest BCUT2D eigenvalue weighted by molar-refractivity contribution is 0.0597. The molecule has 5 aromatic rings. The van der Waals surface area contributed by atoms with Gasteiger partial charge in [0.25, 0.3) is 11.8 Å². The van der Waals surface area contributed by atoms with Gasteiger partial charge in [-0.25, -0.2) is 0 Å². The zero-order chi connectivity index (χ0) is 40.0. The summed E-state index contributed by atoms with van der Waals surface area (Å²) in [5.74, 6) is 0.256. The van der Waals surface area contributed by atoms with Gasteiger partial charge in [0, 0.05) is 64.3 Å². The Hall–Kier alpha value is -2.88. The molecule has 0 fully saturated rings. The second-order valence-electron chi connectivity index (χ2n) is 16.0. The van der Waals surface area contributed by atoms with E-state index in [0.29, 0.717) is 36.6 Å². The molecule has 2 amide bonds.